The first-order valence-electron chi connectivity index (χ1n) is 6.38. The fourth-order valence-electron chi connectivity index (χ4n) is 2.52. The number of nitrogens with zero attached hydrogens (tertiary/aromatic N) is 3. The maximum Gasteiger partial charge on any atom is 0.144 e. The zero-order valence-electron chi connectivity index (χ0n) is 10.4. The number of pyridine rings is 1. The van der Waals surface area contributed by atoms with Gasteiger partial charge in [-0.05, 0) is 31.4 Å². The first-order chi connectivity index (χ1) is 8.88. The average molecular weight is 240 g/mol. The van der Waals surface area contributed by atoms with Gasteiger partial charge in [0.15, 0.2) is 0 Å². The maximum absolute atomic E-state index is 4.63. The predicted molar refractivity (Wildman–Crippen MR) is 70.6 cm³/mol. The molecular weight excluding hydrogens is 224 g/mol. The molecule has 1 unspecified atom stereocenters. The van der Waals surface area contributed by atoms with Crippen molar-refractivity contribution in [1.29, 1.82) is 0 Å². The molecule has 1 N–H and O–H groups in total. The second-order valence-corrected chi connectivity index (χ2v) is 4.50. The van der Waals surface area contributed by atoms with Gasteiger partial charge in [0.1, 0.15) is 5.82 Å². The van der Waals surface area contributed by atoms with Crippen LogP contribution in [0.1, 0.15) is 36.2 Å². The highest BCUT2D eigenvalue weighted by Gasteiger charge is 2.26. The van der Waals surface area contributed by atoms with E-state index in [9.17, 15) is 0 Å². The van der Waals surface area contributed by atoms with Gasteiger partial charge in [0, 0.05) is 24.9 Å². The monoisotopic (exact) mass is 240 g/mol. The SMILES string of the molecule is CCNc1cncc(C2CCc3cccnc32)n1. The van der Waals surface area contributed by atoms with Crippen LogP contribution in [0.2, 0.25) is 0 Å². The smallest absolute Gasteiger partial charge is 0.144 e. The normalized spacial score (nSPS) is 17.5. The highest BCUT2D eigenvalue weighted by Crippen LogP contribution is 2.35. The van der Waals surface area contributed by atoms with Crippen LogP contribution in [0.5, 0.6) is 0 Å². The van der Waals surface area contributed by atoms with Crippen LogP contribution in [0, 0.1) is 0 Å². The van der Waals surface area contributed by atoms with E-state index in [0.29, 0.717) is 5.92 Å². The highest BCUT2D eigenvalue weighted by atomic mass is 15.0. The van der Waals surface area contributed by atoms with E-state index in [2.05, 4.69) is 33.3 Å². The number of fused-ring (bicyclic) bond motifs is 1. The molecule has 1 aliphatic carbocycles. The van der Waals surface area contributed by atoms with Gasteiger partial charge < -0.3 is 5.32 Å². The first kappa shape index (κ1) is 11.1. The third-order valence-electron chi connectivity index (χ3n) is 3.33. The molecule has 18 heavy (non-hydrogen) atoms. The van der Waals surface area contributed by atoms with Gasteiger partial charge in [0.05, 0.1) is 17.6 Å². The van der Waals surface area contributed by atoms with E-state index < -0.39 is 0 Å². The maximum atomic E-state index is 4.63. The number of aryl methyl sites for hydroxylation is 1. The molecule has 4 nitrogen and oxygen atoms in total. The van der Waals surface area contributed by atoms with Crippen molar-refractivity contribution in [2.24, 2.45) is 0 Å². The lowest BCUT2D eigenvalue weighted by atomic mass is 10.0. The zero-order valence-corrected chi connectivity index (χ0v) is 10.4. The highest BCUT2D eigenvalue weighted by molar-refractivity contribution is 5.38. The van der Waals surface area contributed by atoms with Crippen molar-refractivity contribution in [3.05, 3.63) is 47.7 Å². The summed E-state index contributed by atoms with van der Waals surface area (Å²) < 4.78 is 0. The van der Waals surface area contributed by atoms with E-state index in [4.69, 9.17) is 0 Å². The van der Waals surface area contributed by atoms with E-state index in [-0.39, 0.29) is 0 Å². The molecular formula is C14H16N4. The van der Waals surface area contributed by atoms with Crippen molar-refractivity contribution in [2.45, 2.75) is 25.7 Å². The van der Waals surface area contributed by atoms with Crippen molar-refractivity contribution in [3.63, 3.8) is 0 Å². The van der Waals surface area contributed by atoms with Gasteiger partial charge in [-0.15, -0.1) is 0 Å². The summed E-state index contributed by atoms with van der Waals surface area (Å²) in [5.74, 6) is 1.15. The second-order valence-electron chi connectivity index (χ2n) is 4.50. The topological polar surface area (TPSA) is 50.7 Å². The van der Waals surface area contributed by atoms with Gasteiger partial charge in [-0.2, -0.15) is 0 Å². The van der Waals surface area contributed by atoms with Crippen LogP contribution in [-0.2, 0) is 6.42 Å². The quantitative estimate of drug-likeness (QED) is 0.895. The molecule has 0 saturated heterocycles. The molecule has 1 aliphatic rings. The molecule has 0 amide bonds. The van der Waals surface area contributed by atoms with Crippen LogP contribution in [0.4, 0.5) is 5.82 Å². The number of hydrogen-bond donors (Lipinski definition) is 1. The Labute approximate surface area is 107 Å². The standard InChI is InChI=1S/C14H16N4/c1-2-16-13-9-15-8-12(18-13)11-6-5-10-4-3-7-17-14(10)11/h3-4,7-9,11H,2,5-6H2,1H3,(H,16,18). The van der Waals surface area contributed by atoms with Crippen molar-refractivity contribution in [1.82, 2.24) is 15.0 Å². The number of rotatable bonds is 3. The summed E-state index contributed by atoms with van der Waals surface area (Å²) in [6, 6.07) is 4.16. The Morgan fingerprint density at radius 1 is 1.39 bits per heavy atom. The molecule has 1 atom stereocenters. The van der Waals surface area contributed by atoms with Crippen LogP contribution in [0.3, 0.4) is 0 Å². The molecule has 0 radical (unpaired) electrons. The first-order valence-corrected chi connectivity index (χ1v) is 6.38. The molecule has 0 fully saturated rings. The van der Waals surface area contributed by atoms with Crippen LogP contribution < -0.4 is 5.32 Å². The van der Waals surface area contributed by atoms with Gasteiger partial charge >= 0.3 is 0 Å². The lowest BCUT2D eigenvalue weighted by Crippen LogP contribution is -2.06. The third kappa shape index (κ3) is 1.94. The van der Waals surface area contributed by atoms with E-state index in [1.165, 1.54) is 11.3 Å². The minimum Gasteiger partial charge on any atom is -0.369 e. The van der Waals surface area contributed by atoms with E-state index in [0.717, 1.165) is 30.9 Å². The Bertz CT molecular complexity index is 553. The summed E-state index contributed by atoms with van der Waals surface area (Å²) >= 11 is 0. The lowest BCUT2D eigenvalue weighted by molar-refractivity contribution is 0.741. The largest absolute Gasteiger partial charge is 0.369 e. The Hall–Kier alpha value is -1.97. The second kappa shape index (κ2) is 4.72. The summed E-state index contributed by atoms with van der Waals surface area (Å²) in [6.07, 6.45) is 7.65. The molecule has 0 spiro atoms. The minimum absolute atomic E-state index is 0.298. The summed E-state index contributed by atoms with van der Waals surface area (Å²) in [5, 5.41) is 3.20. The molecule has 4 heteroatoms. The molecule has 2 aromatic heterocycles. The van der Waals surface area contributed by atoms with Crippen molar-refractivity contribution < 1.29 is 0 Å². The molecule has 92 valence electrons. The number of aromatic nitrogens is 3. The van der Waals surface area contributed by atoms with Gasteiger partial charge in [-0.1, -0.05) is 6.07 Å². The van der Waals surface area contributed by atoms with Gasteiger partial charge in [0.2, 0.25) is 0 Å². The van der Waals surface area contributed by atoms with Crippen LogP contribution >= 0.6 is 0 Å². The zero-order chi connectivity index (χ0) is 12.4. The number of hydrogen-bond acceptors (Lipinski definition) is 4. The minimum atomic E-state index is 0.298. The molecule has 0 saturated carbocycles. The summed E-state index contributed by atoms with van der Waals surface area (Å²) in [6.45, 7) is 2.92. The van der Waals surface area contributed by atoms with Gasteiger partial charge in [-0.25, -0.2) is 4.98 Å². The molecule has 0 aromatic carbocycles. The molecule has 0 bridgehead atoms. The van der Waals surface area contributed by atoms with Crippen LogP contribution in [0.25, 0.3) is 0 Å². The molecule has 3 rings (SSSR count). The molecule has 2 heterocycles. The average Bonchev–Trinajstić information content (AvgIpc) is 2.83. The molecule has 0 aliphatic heterocycles. The predicted octanol–water partition coefficient (Wildman–Crippen LogP) is 2.38. The van der Waals surface area contributed by atoms with Gasteiger partial charge in [-0.3, -0.25) is 9.97 Å². The van der Waals surface area contributed by atoms with E-state index in [1.54, 1.807) is 6.20 Å². The van der Waals surface area contributed by atoms with E-state index in [1.807, 2.05) is 18.5 Å². The summed E-state index contributed by atoms with van der Waals surface area (Å²) in [5.41, 5.74) is 3.53. The Morgan fingerprint density at radius 2 is 2.33 bits per heavy atom. The van der Waals surface area contributed by atoms with Crippen LogP contribution in [0.15, 0.2) is 30.7 Å². The fourth-order valence-corrected chi connectivity index (χ4v) is 2.52. The Morgan fingerprint density at radius 3 is 3.22 bits per heavy atom. The number of anilines is 1. The fraction of sp³-hybridized carbons (Fsp3) is 0.357. The summed E-state index contributed by atoms with van der Waals surface area (Å²) in [4.78, 5) is 13.4. The summed E-state index contributed by atoms with van der Waals surface area (Å²) in [7, 11) is 0. The number of nitrogens with one attached hydrogen (secondary N) is 1. The van der Waals surface area contributed by atoms with E-state index >= 15 is 0 Å². The van der Waals surface area contributed by atoms with Crippen molar-refractivity contribution in [3.8, 4) is 0 Å². The Balaban J connectivity index is 1.94. The van der Waals surface area contributed by atoms with Crippen molar-refractivity contribution >= 4 is 5.82 Å². The Kier molecular flexibility index (Phi) is 2.92. The van der Waals surface area contributed by atoms with Gasteiger partial charge in [0.25, 0.3) is 0 Å². The molecule has 2 aromatic rings. The third-order valence-corrected chi connectivity index (χ3v) is 3.33. The lowest BCUT2D eigenvalue weighted by Gasteiger charge is -2.11. The van der Waals surface area contributed by atoms with Crippen LogP contribution in [-0.4, -0.2) is 21.5 Å². The van der Waals surface area contributed by atoms with Crippen molar-refractivity contribution in [2.75, 3.05) is 11.9 Å².